The van der Waals surface area contributed by atoms with Crippen LogP contribution in [0.25, 0.3) is 33.8 Å². The molecule has 0 unspecified atom stereocenters. The number of non-ortho nitro benzene ring substituents is 1. The third-order valence-electron chi connectivity index (χ3n) is 5.46. The Labute approximate surface area is 221 Å². The molecule has 0 saturated carbocycles. The predicted molar refractivity (Wildman–Crippen MR) is 148 cm³/mol. The van der Waals surface area contributed by atoms with Gasteiger partial charge in [-0.25, -0.2) is 9.97 Å². The second-order valence-electron chi connectivity index (χ2n) is 7.99. The lowest BCUT2D eigenvalue weighted by Crippen LogP contribution is -2.12. The van der Waals surface area contributed by atoms with Crippen LogP contribution < -0.4 is 5.32 Å². The van der Waals surface area contributed by atoms with Crippen LogP contribution in [0.15, 0.2) is 95.5 Å². The molecule has 1 amide bonds. The van der Waals surface area contributed by atoms with Gasteiger partial charge < -0.3 is 10.3 Å². The average Bonchev–Trinajstić information content (AvgIpc) is 3.57. The number of carbonyl (C=O) groups is 1. The van der Waals surface area contributed by atoms with E-state index in [1.807, 2.05) is 60.7 Å². The second-order valence-corrected chi connectivity index (χ2v) is 9.93. The van der Waals surface area contributed by atoms with Gasteiger partial charge in [0.1, 0.15) is 0 Å². The molecule has 5 rings (SSSR count). The normalized spacial score (nSPS) is 10.8. The molecule has 0 spiro atoms. The number of nitro benzene ring substituents is 1. The van der Waals surface area contributed by atoms with Gasteiger partial charge in [-0.15, -0.1) is 11.3 Å². The number of nitrogens with one attached hydrogen (secondary N) is 2. The predicted octanol–water partition coefficient (Wildman–Crippen LogP) is 6.90. The molecule has 5 aromatic rings. The maximum atomic E-state index is 12.5. The van der Waals surface area contributed by atoms with Gasteiger partial charge in [-0.05, 0) is 0 Å². The first-order valence-corrected chi connectivity index (χ1v) is 13.3. The highest BCUT2D eigenvalue weighted by molar-refractivity contribution is 7.99. The first kappa shape index (κ1) is 24.4. The Morgan fingerprint density at radius 3 is 2.38 bits per heavy atom. The Morgan fingerprint density at radius 2 is 1.65 bits per heavy atom. The lowest BCUT2D eigenvalue weighted by atomic mass is 10.1. The number of hydrogen-bond donors (Lipinski definition) is 2. The third-order valence-corrected chi connectivity index (χ3v) is 7.10. The molecule has 2 aromatic heterocycles. The van der Waals surface area contributed by atoms with E-state index in [0.717, 1.165) is 27.7 Å². The minimum absolute atomic E-state index is 0.00289. The van der Waals surface area contributed by atoms with Crippen molar-refractivity contribution in [2.24, 2.45) is 0 Å². The van der Waals surface area contributed by atoms with Gasteiger partial charge in [0.15, 0.2) is 10.3 Å². The number of rotatable bonds is 9. The molecule has 0 aliphatic carbocycles. The van der Waals surface area contributed by atoms with Gasteiger partial charge in [0, 0.05) is 46.4 Å². The molecule has 0 fully saturated rings. The minimum Gasteiger partial charge on any atom is -0.332 e. The smallest absolute Gasteiger partial charge is 0.270 e. The number of nitro groups is 1. The Hall–Kier alpha value is -4.28. The van der Waals surface area contributed by atoms with Crippen LogP contribution in [0.2, 0.25) is 0 Å². The summed E-state index contributed by atoms with van der Waals surface area (Å²) in [4.78, 5) is 35.7. The summed E-state index contributed by atoms with van der Waals surface area (Å²) >= 11 is 2.76. The van der Waals surface area contributed by atoms with E-state index in [0.29, 0.717) is 22.1 Å². The van der Waals surface area contributed by atoms with Crippen molar-refractivity contribution in [3.8, 4) is 33.8 Å². The minimum atomic E-state index is -0.444. The Morgan fingerprint density at radius 1 is 0.946 bits per heavy atom. The molecule has 10 heteroatoms. The molecule has 2 N–H and O–H groups in total. The Balaban J connectivity index is 1.22. The van der Waals surface area contributed by atoms with E-state index in [4.69, 9.17) is 4.98 Å². The number of benzene rings is 3. The summed E-state index contributed by atoms with van der Waals surface area (Å²) in [5, 5.41) is 16.8. The van der Waals surface area contributed by atoms with E-state index in [9.17, 15) is 14.9 Å². The SMILES string of the molecule is O=C(CCSc1nc(-c2ccccc2)c(-c2ccccc2)[nH]1)Nc1nc(-c2cccc([N+](=O)[O-])c2)cs1. The zero-order chi connectivity index (χ0) is 25.6. The summed E-state index contributed by atoms with van der Waals surface area (Å²) in [5.74, 6) is 0.371. The van der Waals surface area contributed by atoms with Crippen molar-refractivity contribution < 1.29 is 9.72 Å². The van der Waals surface area contributed by atoms with Crippen molar-refractivity contribution in [3.05, 3.63) is 100 Å². The molecular formula is C27H21N5O3S2. The number of aromatic nitrogens is 3. The van der Waals surface area contributed by atoms with Crippen molar-refractivity contribution in [1.29, 1.82) is 0 Å². The lowest BCUT2D eigenvalue weighted by molar-refractivity contribution is -0.384. The summed E-state index contributed by atoms with van der Waals surface area (Å²) in [7, 11) is 0. The number of amides is 1. The fourth-order valence-corrected chi connectivity index (χ4v) is 5.25. The number of imidazole rings is 1. The van der Waals surface area contributed by atoms with Gasteiger partial charge in [0.2, 0.25) is 5.91 Å². The van der Waals surface area contributed by atoms with Gasteiger partial charge in [-0.3, -0.25) is 14.9 Å². The molecule has 3 aromatic carbocycles. The summed E-state index contributed by atoms with van der Waals surface area (Å²) in [6.07, 6.45) is 0.276. The van der Waals surface area contributed by atoms with E-state index in [1.54, 1.807) is 17.5 Å². The highest BCUT2D eigenvalue weighted by atomic mass is 32.2. The number of H-pyrrole nitrogens is 1. The summed E-state index contributed by atoms with van der Waals surface area (Å²) in [6, 6.07) is 26.3. The first-order valence-electron chi connectivity index (χ1n) is 11.4. The molecule has 0 saturated heterocycles. The average molecular weight is 528 g/mol. The summed E-state index contributed by atoms with van der Waals surface area (Å²) in [6.45, 7) is 0. The van der Waals surface area contributed by atoms with E-state index in [1.165, 1.54) is 35.2 Å². The van der Waals surface area contributed by atoms with Gasteiger partial charge in [0.05, 0.1) is 22.0 Å². The van der Waals surface area contributed by atoms with Gasteiger partial charge >= 0.3 is 0 Å². The maximum absolute atomic E-state index is 12.5. The third kappa shape index (κ3) is 5.93. The van der Waals surface area contributed by atoms with Crippen LogP contribution in [0.5, 0.6) is 0 Å². The van der Waals surface area contributed by atoms with Crippen molar-refractivity contribution in [2.75, 3.05) is 11.1 Å². The zero-order valence-corrected chi connectivity index (χ0v) is 21.1. The van der Waals surface area contributed by atoms with E-state index >= 15 is 0 Å². The Kier molecular flexibility index (Phi) is 7.38. The second kappa shape index (κ2) is 11.2. The number of hydrogen-bond acceptors (Lipinski definition) is 7. The largest absolute Gasteiger partial charge is 0.332 e. The lowest BCUT2D eigenvalue weighted by Gasteiger charge is -2.02. The molecule has 0 radical (unpaired) electrons. The monoisotopic (exact) mass is 527 g/mol. The van der Waals surface area contributed by atoms with Crippen molar-refractivity contribution >= 4 is 39.8 Å². The first-order chi connectivity index (χ1) is 18.1. The molecule has 184 valence electrons. The maximum Gasteiger partial charge on any atom is 0.270 e. The summed E-state index contributed by atoms with van der Waals surface area (Å²) < 4.78 is 0. The molecule has 0 atom stereocenters. The highest BCUT2D eigenvalue weighted by Crippen LogP contribution is 2.33. The Bertz CT molecular complexity index is 1480. The molecular weight excluding hydrogens is 506 g/mol. The van der Waals surface area contributed by atoms with E-state index in [2.05, 4.69) is 15.3 Å². The molecule has 2 heterocycles. The molecule has 8 nitrogen and oxygen atoms in total. The van der Waals surface area contributed by atoms with Crippen LogP contribution >= 0.6 is 23.1 Å². The number of aromatic amines is 1. The molecule has 0 aliphatic rings. The highest BCUT2D eigenvalue weighted by Gasteiger charge is 2.15. The summed E-state index contributed by atoms with van der Waals surface area (Å²) in [5.41, 5.74) is 5.08. The quantitative estimate of drug-likeness (QED) is 0.122. The molecule has 0 aliphatic heterocycles. The fourth-order valence-electron chi connectivity index (χ4n) is 3.70. The van der Waals surface area contributed by atoms with Crippen LogP contribution in [0, 0.1) is 10.1 Å². The van der Waals surface area contributed by atoms with Crippen LogP contribution in [0.4, 0.5) is 10.8 Å². The molecule has 37 heavy (non-hydrogen) atoms. The van der Waals surface area contributed by atoms with Crippen LogP contribution in [-0.2, 0) is 4.79 Å². The van der Waals surface area contributed by atoms with E-state index < -0.39 is 4.92 Å². The number of carbonyl (C=O) groups excluding carboxylic acids is 1. The van der Waals surface area contributed by atoms with Gasteiger partial charge in [-0.2, -0.15) is 0 Å². The topological polar surface area (TPSA) is 114 Å². The fraction of sp³-hybridized carbons (Fsp3) is 0.0741. The molecule has 0 bridgehead atoms. The number of nitrogens with zero attached hydrogens (tertiary/aromatic N) is 3. The van der Waals surface area contributed by atoms with Crippen molar-refractivity contribution in [1.82, 2.24) is 15.0 Å². The van der Waals surface area contributed by atoms with Crippen LogP contribution in [0.1, 0.15) is 6.42 Å². The van der Waals surface area contributed by atoms with E-state index in [-0.39, 0.29) is 18.0 Å². The van der Waals surface area contributed by atoms with Gasteiger partial charge in [0.25, 0.3) is 5.69 Å². The number of anilines is 1. The standard InChI is InChI=1S/C27H21N5O3S2/c33-23(29-26-28-22(17-37-26)20-12-7-13-21(16-20)32(34)35)14-15-36-27-30-24(18-8-3-1-4-9-18)25(31-27)19-10-5-2-6-11-19/h1-13,16-17H,14-15H2,(H,30,31)(H,28,29,33). The zero-order valence-electron chi connectivity index (χ0n) is 19.5. The van der Waals surface area contributed by atoms with Gasteiger partial charge in [-0.1, -0.05) is 84.6 Å². The number of thioether (sulfide) groups is 1. The number of thiazole rings is 1. The van der Waals surface area contributed by atoms with Crippen molar-refractivity contribution in [3.63, 3.8) is 0 Å². The van der Waals surface area contributed by atoms with Crippen LogP contribution in [0.3, 0.4) is 0 Å². The van der Waals surface area contributed by atoms with Crippen LogP contribution in [-0.4, -0.2) is 31.5 Å². The van der Waals surface area contributed by atoms with Crippen molar-refractivity contribution in [2.45, 2.75) is 11.6 Å².